The third kappa shape index (κ3) is 0.838. The van der Waals surface area contributed by atoms with E-state index in [2.05, 4.69) is 17.7 Å². The van der Waals surface area contributed by atoms with Crippen molar-refractivity contribution in [2.24, 2.45) is 7.05 Å². The molecule has 0 saturated carbocycles. The van der Waals surface area contributed by atoms with Crippen LogP contribution in [0, 0.1) is 6.42 Å². The van der Waals surface area contributed by atoms with E-state index in [4.69, 9.17) is 0 Å². The third-order valence-electron chi connectivity index (χ3n) is 1.85. The van der Waals surface area contributed by atoms with Crippen molar-refractivity contribution in [3.8, 4) is 0 Å². The molecule has 1 aromatic rings. The summed E-state index contributed by atoms with van der Waals surface area (Å²) in [6, 6.07) is 0. The number of fused-ring (bicyclic) bond motifs is 1. The van der Waals surface area contributed by atoms with Gasteiger partial charge in [0, 0.05) is 13.2 Å². The summed E-state index contributed by atoms with van der Waals surface area (Å²) in [4.78, 5) is 0. The van der Waals surface area contributed by atoms with Gasteiger partial charge in [0.15, 0.2) is 0 Å². The zero-order valence-electron chi connectivity index (χ0n) is 6.09. The number of rotatable bonds is 0. The van der Waals surface area contributed by atoms with Crippen molar-refractivity contribution in [3.05, 3.63) is 23.9 Å². The van der Waals surface area contributed by atoms with Crippen LogP contribution in [-0.2, 0) is 19.9 Å². The zero-order chi connectivity index (χ0) is 6.97. The monoisotopic (exact) mass is 134 g/mol. The van der Waals surface area contributed by atoms with E-state index in [0.29, 0.717) is 0 Å². The first-order chi connectivity index (χ1) is 4.86. The Balaban J connectivity index is 2.41. The molecular weight excluding hydrogens is 124 g/mol. The highest BCUT2D eigenvalue weighted by atomic mass is 15.2. The zero-order valence-corrected chi connectivity index (χ0v) is 6.09. The molecule has 2 rings (SSSR count). The summed E-state index contributed by atoms with van der Waals surface area (Å²) in [6.45, 7) is 0. The summed E-state index contributed by atoms with van der Waals surface area (Å²) >= 11 is 0. The average Bonchev–Trinajstić information content (AvgIpc) is 2.27. The molecule has 2 heteroatoms. The first kappa shape index (κ1) is 5.96. The largest absolute Gasteiger partial charge is 0.275 e. The standard InChI is InChI=1S/C8H10N2/c1-10-6-7-4-2-3-5-8(7)9-10/h6H,3-5H2,1H3. The van der Waals surface area contributed by atoms with Crippen molar-refractivity contribution in [2.75, 3.05) is 0 Å². The maximum Gasteiger partial charge on any atom is 0.0656 e. The van der Waals surface area contributed by atoms with Crippen LogP contribution >= 0.6 is 0 Å². The highest BCUT2D eigenvalue weighted by Gasteiger charge is 2.11. The van der Waals surface area contributed by atoms with Crippen molar-refractivity contribution in [3.63, 3.8) is 0 Å². The van der Waals surface area contributed by atoms with E-state index in [-0.39, 0.29) is 0 Å². The minimum absolute atomic E-state index is 0.989. The molecule has 1 heterocycles. The van der Waals surface area contributed by atoms with Gasteiger partial charge in [0.1, 0.15) is 0 Å². The van der Waals surface area contributed by atoms with Crippen LogP contribution in [0.3, 0.4) is 0 Å². The summed E-state index contributed by atoms with van der Waals surface area (Å²) < 4.78 is 1.89. The van der Waals surface area contributed by atoms with Crippen LogP contribution in [0.15, 0.2) is 6.20 Å². The molecule has 0 saturated heterocycles. The molecule has 2 nitrogen and oxygen atoms in total. The van der Waals surface area contributed by atoms with Crippen LogP contribution in [0.4, 0.5) is 0 Å². The van der Waals surface area contributed by atoms with Gasteiger partial charge < -0.3 is 0 Å². The molecule has 0 spiro atoms. The lowest BCUT2D eigenvalue weighted by atomic mass is 9.99. The van der Waals surface area contributed by atoms with Gasteiger partial charge in [0.25, 0.3) is 0 Å². The molecule has 0 amide bonds. The number of aryl methyl sites for hydroxylation is 2. The smallest absolute Gasteiger partial charge is 0.0656 e. The summed E-state index contributed by atoms with van der Waals surface area (Å²) in [5.74, 6) is 0. The predicted octanol–water partition coefficient (Wildman–Crippen LogP) is 0.990. The van der Waals surface area contributed by atoms with Crippen LogP contribution in [0.25, 0.3) is 0 Å². The van der Waals surface area contributed by atoms with Crippen molar-refractivity contribution >= 4 is 0 Å². The van der Waals surface area contributed by atoms with Gasteiger partial charge in [-0.3, -0.25) is 4.68 Å². The minimum Gasteiger partial charge on any atom is -0.275 e. The molecule has 1 aliphatic carbocycles. The topological polar surface area (TPSA) is 17.8 Å². The van der Waals surface area contributed by atoms with Gasteiger partial charge >= 0.3 is 0 Å². The van der Waals surface area contributed by atoms with Crippen molar-refractivity contribution in [2.45, 2.75) is 19.3 Å². The molecular formula is C8H10N2. The fourth-order valence-electron chi connectivity index (χ4n) is 1.37. The summed E-state index contributed by atoms with van der Waals surface area (Å²) in [5.41, 5.74) is 2.62. The Kier molecular flexibility index (Phi) is 1.26. The molecule has 0 aromatic carbocycles. The molecule has 2 radical (unpaired) electrons. The Morgan fingerprint density at radius 2 is 2.60 bits per heavy atom. The van der Waals surface area contributed by atoms with E-state index in [1.165, 1.54) is 11.3 Å². The Bertz CT molecular complexity index is 214. The lowest BCUT2D eigenvalue weighted by Gasteiger charge is -2.06. The first-order valence-corrected chi connectivity index (χ1v) is 3.58. The molecule has 10 heavy (non-hydrogen) atoms. The van der Waals surface area contributed by atoms with Gasteiger partial charge in [0.05, 0.1) is 5.69 Å². The average molecular weight is 134 g/mol. The Morgan fingerprint density at radius 1 is 1.70 bits per heavy atom. The highest BCUT2D eigenvalue weighted by Crippen LogP contribution is 2.17. The predicted molar refractivity (Wildman–Crippen MR) is 38.5 cm³/mol. The fourth-order valence-corrected chi connectivity index (χ4v) is 1.37. The molecule has 52 valence electrons. The van der Waals surface area contributed by atoms with Crippen LogP contribution in [0.2, 0.25) is 0 Å². The van der Waals surface area contributed by atoms with Crippen LogP contribution in [0.5, 0.6) is 0 Å². The summed E-state index contributed by atoms with van der Waals surface area (Å²) in [5, 5.41) is 4.33. The third-order valence-corrected chi connectivity index (χ3v) is 1.85. The second-order valence-corrected chi connectivity index (χ2v) is 2.70. The molecule has 0 aliphatic heterocycles. The molecule has 0 fully saturated rings. The van der Waals surface area contributed by atoms with Crippen molar-refractivity contribution in [1.82, 2.24) is 9.78 Å². The second kappa shape index (κ2) is 2.11. The Hall–Kier alpha value is -0.790. The van der Waals surface area contributed by atoms with Gasteiger partial charge in [-0.15, -0.1) is 0 Å². The fraction of sp³-hybridized carbons (Fsp3) is 0.500. The van der Waals surface area contributed by atoms with Crippen LogP contribution in [0.1, 0.15) is 17.7 Å². The molecule has 1 aliphatic rings. The van der Waals surface area contributed by atoms with E-state index in [0.717, 1.165) is 19.3 Å². The van der Waals surface area contributed by atoms with Gasteiger partial charge in [-0.1, -0.05) is 0 Å². The molecule has 0 unspecified atom stereocenters. The van der Waals surface area contributed by atoms with E-state index in [9.17, 15) is 0 Å². The van der Waals surface area contributed by atoms with Gasteiger partial charge in [-0.25, -0.2) is 0 Å². The minimum atomic E-state index is 0.989. The van der Waals surface area contributed by atoms with Crippen LogP contribution < -0.4 is 0 Å². The Labute approximate surface area is 60.9 Å². The number of hydrogen-bond acceptors (Lipinski definition) is 1. The van der Waals surface area contributed by atoms with Crippen molar-refractivity contribution < 1.29 is 0 Å². The number of nitrogens with zero attached hydrogens (tertiary/aromatic N) is 2. The van der Waals surface area contributed by atoms with E-state index in [1.54, 1.807) is 0 Å². The summed E-state index contributed by atoms with van der Waals surface area (Å²) in [6.07, 6.45) is 8.53. The Morgan fingerprint density at radius 3 is 3.40 bits per heavy atom. The quantitative estimate of drug-likeness (QED) is 0.517. The molecule has 0 N–H and O–H groups in total. The van der Waals surface area contributed by atoms with Crippen LogP contribution in [-0.4, -0.2) is 9.78 Å². The van der Waals surface area contributed by atoms with E-state index >= 15 is 0 Å². The molecule has 0 bridgehead atoms. The van der Waals surface area contributed by atoms with Gasteiger partial charge in [-0.2, -0.15) is 5.10 Å². The summed E-state index contributed by atoms with van der Waals surface area (Å²) in [7, 11) is 1.97. The lowest BCUT2D eigenvalue weighted by molar-refractivity contribution is 0.729. The van der Waals surface area contributed by atoms with E-state index < -0.39 is 0 Å². The molecule has 1 aromatic heterocycles. The SMILES string of the molecule is Cn1cc2c(n1)CC[C]C2. The second-order valence-electron chi connectivity index (χ2n) is 2.70. The van der Waals surface area contributed by atoms with Crippen molar-refractivity contribution in [1.29, 1.82) is 0 Å². The molecule has 0 atom stereocenters. The maximum absolute atomic E-state index is 4.33. The van der Waals surface area contributed by atoms with Gasteiger partial charge in [-0.05, 0) is 31.2 Å². The van der Waals surface area contributed by atoms with E-state index in [1.807, 2.05) is 11.7 Å². The van der Waals surface area contributed by atoms with Gasteiger partial charge in [0.2, 0.25) is 0 Å². The normalized spacial score (nSPS) is 16.9. The maximum atomic E-state index is 4.33. The number of hydrogen-bond donors (Lipinski definition) is 0. The highest BCUT2D eigenvalue weighted by molar-refractivity contribution is 5.22. The number of aromatic nitrogens is 2. The first-order valence-electron chi connectivity index (χ1n) is 3.58. The lowest BCUT2D eigenvalue weighted by Crippen LogP contribution is -2.00.